The first-order chi connectivity index (χ1) is 7.04. The predicted octanol–water partition coefficient (Wildman–Crippen LogP) is 0.548. The zero-order valence-corrected chi connectivity index (χ0v) is 9.09. The molecular weight excluding hydrogens is 214 g/mol. The number of hydrogen-bond acceptors (Lipinski definition) is 3. The summed E-state index contributed by atoms with van der Waals surface area (Å²) < 4.78 is 27.1. The lowest BCUT2D eigenvalue weighted by Crippen LogP contribution is -2.15. The maximum absolute atomic E-state index is 10.9. The van der Waals surface area contributed by atoms with E-state index < -0.39 is 10.0 Å². The molecule has 2 N–H and O–H groups in total. The van der Waals surface area contributed by atoms with Crippen LogP contribution < -0.4 is 5.14 Å². The maximum Gasteiger partial charge on any atom is 0.213 e. The van der Waals surface area contributed by atoms with Crippen molar-refractivity contribution in [1.29, 1.82) is 0 Å². The Morgan fingerprint density at radius 2 is 2.13 bits per heavy atom. The Morgan fingerprint density at radius 3 is 2.87 bits per heavy atom. The largest absolute Gasteiger partial charge is 0.376 e. The second-order valence-electron chi connectivity index (χ2n) is 3.71. The summed E-state index contributed by atoms with van der Waals surface area (Å²) >= 11 is 0. The van der Waals surface area contributed by atoms with E-state index in [1.807, 2.05) is 18.2 Å². The first-order valence-electron chi connectivity index (χ1n) is 4.73. The SMILES string of the molecule is NS(=O)(=O)Cc1ccc2c(c1)COCC2. The third-order valence-electron chi connectivity index (χ3n) is 2.41. The number of fused-ring (bicyclic) bond motifs is 1. The van der Waals surface area contributed by atoms with Crippen molar-refractivity contribution in [2.45, 2.75) is 18.8 Å². The van der Waals surface area contributed by atoms with Gasteiger partial charge in [-0.2, -0.15) is 0 Å². The Labute approximate surface area is 89.1 Å². The summed E-state index contributed by atoms with van der Waals surface area (Å²) in [5.74, 6) is -0.111. The topological polar surface area (TPSA) is 69.4 Å². The highest BCUT2D eigenvalue weighted by Gasteiger charge is 2.11. The maximum atomic E-state index is 10.9. The number of ether oxygens (including phenoxy) is 1. The first kappa shape index (κ1) is 10.6. The Kier molecular flexibility index (Phi) is 2.77. The average Bonchev–Trinajstić information content (AvgIpc) is 2.15. The lowest BCUT2D eigenvalue weighted by molar-refractivity contribution is 0.110. The van der Waals surface area contributed by atoms with Gasteiger partial charge in [0, 0.05) is 0 Å². The molecule has 0 aliphatic carbocycles. The van der Waals surface area contributed by atoms with Gasteiger partial charge in [-0.05, 0) is 23.1 Å². The fourth-order valence-corrected chi connectivity index (χ4v) is 2.39. The van der Waals surface area contributed by atoms with Gasteiger partial charge in [0.05, 0.1) is 19.0 Å². The van der Waals surface area contributed by atoms with Gasteiger partial charge < -0.3 is 4.74 Å². The van der Waals surface area contributed by atoms with Crippen molar-refractivity contribution in [3.63, 3.8) is 0 Å². The lowest BCUT2D eigenvalue weighted by atomic mass is 10.0. The monoisotopic (exact) mass is 227 g/mol. The Balaban J connectivity index is 2.28. The molecule has 0 amide bonds. The van der Waals surface area contributed by atoms with Gasteiger partial charge in [-0.1, -0.05) is 18.2 Å². The summed E-state index contributed by atoms with van der Waals surface area (Å²) in [6, 6.07) is 5.63. The van der Waals surface area contributed by atoms with E-state index in [-0.39, 0.29) is 5.75 Å². The van der Waals surface area contributed by atoms with Crippen molar-refractivity contribution in [2.75, 3.05) is 6.61 Å². The fraction of sp³-hybridized carbons (Fsp3) is 0.400. The van der Waals surface area contributed by atoms with Crippen LogP contribution in [0.3, 0.4) is 0 Å². The molecule has 1 aromatic carbocycles. The molecule has 2 rings (SSSR count). The molecule has 5 heteroatoms. The summed E-state index contributed by atoms with van der Waals surface area (Å²) in [7, 11) is -3.44. The number of rotatable bonds is 2. The van der Waals surface area contributed by atoms with Gasteiger partial charge >= 0.3 is 0 Å². The minimum Gasteiger partial charge on any atom is -0.376 e. The van der Waals surface area contributed by atoms with Gasteiger partial charge in [-0.15, -0.1) is 0 Å². The van der Waals surface area contributed by atoms with E-state index in [1.165, 1.54) is 5.56 Å². The molecule has 0 spiro atoms. The zero-order valence-electron chi connectivity index (χ0n) is 8.27. The van der Waals surface area contributed by atoms with Crippen LogP contribution in [0.4, 0.5) is 0 Å². The van der Waals surface area contributed by atoms with E-state index >= 15 is 0 Å². The molecule has 0 saturated heterocycles. The van der Waals surface area contributed by atoms with Crippen LogP contribution in [0.15, 0.2) is 18.2 Å². The Morgan fingerprint density at radius 1 is 1.33 bits per heavy atom. The van der Waals surface area contributed by atoms with Crippen molar-refractivity contribution in [1.82, 2.24) is 0 Å². The summed E-state index contributed by atoms with van der Waals surface area (Å²) in [6.45, 7) is 1.30. The molecule has 1 aromatic rings. The molecule has 4 nitrogen and oxygen atoms in total. The fourth-order valence-electron chi connectivity index (χ4n) is 1.74. The standard InChI is InChI=1S/C10H13NO3S/c11-15(12,13)7-8-1-2-9-3-4-14-6-10(9)5-8/h1-2,5H,3-4,6-7H2,(H2,11,12,13). The third-order valence-corrected chi connectivity index (χ3v) is 3.15. The lowest BCUT2D eigenvalue weighted by Gasteiger charge is -2.16. The van der Waals surface area contributed by atoms with E-state index in [0.29, 0.717) is 6.61 Å². The molecule has 0 bridgehead atoms. The molecule has 0 saturated carbocycles. The third kappa shape index (κ3) is 2.77. The van der Waals surface area contributed by atoms with Crippen LogP contribution in [-0.2, 0) is 33.5 Å². The van der Waals surface area contributed by atoms with Gasteiger partial charge in [-0.3, -0.25) is 0 Å². The van der Waals surface area contributed by atoms with Crippen molar-refractivity contribution < 1.29 is 13.2 Å². The van der Waals surface area contributed by atoms with Gasteiger partial charge in [0.25, 0.3) is 0 Å². The summed E-state index contributed by atoms with van der Waals surface area (Å²) in [5, 5.41) is 4.98. The molecule has 0 atom stereocenters. The number of sulfonamides is 1. The van der Waals surface area contributed by atoms with Crippen LogP contribution in [0, 0.1) is 0 Å². The number of hydrogen-bond donors (Lipinski definition) is 1. The van der Waals surface area contributed by atoms with Crippen LogP contribution in [0.1, 0.15) is 16.7 Å². The molecule has 0 fully saturated rings. The highest BCUT2D eigenvalue weighted by Crippen LogP contribution is 2.19. The van der Waals surface area contributed by atoms with E-state index in [0.717, 1.165) is 24.2 Å². The van der Waals surface area contributed by atoms with Crippen LogP contribution in [-0.4, -0.2) is 15.0 Å². The zero-order chi connectivity index (χ0) is 10.9. The Bertz CT molecular complexity index is 468. The highest BCUT2D eigenvalue weighted by molar-refractivity contribution is 7.88. The first-order valence-corrected chi connectivity index (χ1v) is 6.45. The molecule has 82 valence electrons. The molecule has 15 heavy (non-hydrogen) atoms. The smallest absolute Gasteiger partial charge is 0.213 e. The van der Waals surface area contributed by atoms with Gasteiger partial charge in [0.1, 0.15) is 0 Å². The van der Waals surface area contributed by atoms with E-state index in [1.54, 1.807) is 0 Å². The Hall–Kier alpha value is -0.910. The predicted molar refractivity (Wildman–Crippen MR) is 56.6 cm³/mol. The van der Waals surface area contributed by atoms with E-state index in [2.05, 4.69) is 0 Å². The van der Waals surface area contributed by atoms with Gasteiger partial charge in [0.15, 0.2) is 0 Å². The van der Waals surface area contributed by atoms with Crippen molar-refractivity contribution in [3.8, 4) is 0 Å². The molecular formula is C10H13NO3S. The quantitative estimate of drug-likeness (QED) is 0.802. The molecule has 1 aliphatic heterocycles. The summed E-state index contributed by atoms with van der Waals surface area (Å²) in [4.78, 5) is 0. The number of benzene rings is 1. The molecule has 1 aliphatic rings. The van der Waals surface area contributed by atoms with Crippen molar-refractivity contribution >= 4 is 10.0 Å². The molecule has 0 unspecified atom stereocenters. The molecule has 1 heterocycles. The average molecular weight is 227 g/mol. The van der Waals surface area contributed by atoms with Crippen LogP contribution in [0.2, 0.25) is 0 Å². The number of nitrogens with two attached hydrogens (primary N) is 1. The molecule has 0 aromatic heterocycles. The second-order valence-corrected chi connectivity index (χ2v) is 5.33. The minimum atomic E-state index is -3.44. The summed E-state index contributed by atoms with van der Waals surface area (Å²) in [6.07, 6.45) is 0.894. The van der Waals surface area contributed by atoms with Gasteiger partial charge in [-0.25, -0.2) is 13.6 Å². The normalized spacial score (nSPS) is 16.1. The summed E-state index contributed by atoms with van der Waals surface area (Å²) in [5.41, 5.74) is 3.03. The van der Waals surface area contributed by atoms with Crippen LogP contribution in [0.5, 0.6) is 0 Å². The second kappa shape index (κ2) is 3.92. The highest BCUT2D eigenvalue weighted by atomic mass is 32.2. The minimum absolute atomic E-state index is 0.111. The van der Waals surface area contributed by atoms with E-state index in [9.17, 15) is 8.42 Å². The van der Waals surface area contributed by atoms with Crippen LogP contribution in [0.25, 0.3) is 0 Å². The number of primary sulfonamides is 1. The van der Waals surface area contributed by atoms with Gasteiger partial charge in [0.2, 0.25) is 10.0 Å². The molecule has 0 radical (unpaired) electrons. The van der Waals surface area contributed by atoms with Crippen molar-refractivity contribution in [3.05, 3.63) is 34.9 Å². The van der Waals surface area contributed by atoms with Crippen molar-refractivity contribution in [2.24, 2.45) is 5.14 Å². The van der Waals surface area contributed by atoms with E-state index in [4.69, 9.17) is 9.88 Å². The van der Waals surface area contributed by atoms with Crippen LogP contribution >= 0.6 is 0 Å².